The molecule has 0 aliphatic carbocycles. The highest BCUT2D eigenvalue weighted by atomic mass is 32.2. The van der Waals surface area contributed by atoms with Gasteiger partial charge in [0.25, 0.3) is 0 Å². The summed E-state index contributed by atoms with van der Waals surface area (Å²) in [5, 5.41) is 9.05. The fraction of sp³-hybridized carbons (Fsp3) is 0.731. The van der Waals surface area contributed by atoms with E-state index in [0.717, 1.165) is 18.6 Å². The minimum absolute atomic E-state index is 0.0784. The molecule has 34 heavy (non-hydrogen) atoms. The standard InChI is InChI=1S/C26H45O6PS/c1-3-4-5-6-13-19-25(23(2)31-20-15-21-32-33(29,30)26(27)28)34-22-14-8-7-10-16-24-17-11-9-12-18-24/h9,11-12,17-18,23,25H,3-8,10,13-16,19-22H2,1-2H3,(H,27,28)(H,29,30). The van der Waals surface area contributed by atoms with Crippen molar-refractivity contribution in [3.05, 3.63) is 35.9 Å². The van der Waals surface area contributed by atoms with Crippen LogP contribution in [0.15, 0.2) is 30.3 Å². The smallest absolute Gasteiger partial charge is 0.435 e. The zero-order chi connectivity index (χ0) is 25.1. The number of carbonyl (C=O) groups is 1. The monoisotopic (exact) mass is 516 g/mol. The Labute approximate surface area is 210 Å². The number of benzene rings is 1. The minimum atomic E-state index is -4.56. The van der Waals surface area contributed by atoms with Crippen molar-refractivity contribution in [3.8, 4) is 0 Å². The van der Waals surface area contributed by atoms with Crippen LogP contribution in [0.4, 0.5) is 4.79 Å². The van der Waals surface area contributed by atoms with Crippen LogP contribution in [0.3, 0.4) is 0 Å². The largest absolute Gasteiger partial charge is 0.472 e. The van der Waals surface area contributed by atoms with Gasteiger partial charge in [-0.15, -0.1) is 0 Å². The first kappa shape index (κ1) is 31.2. The number of hydrogen-bond donors (Lipinski definition) is 2. The maximum absolute atomic E-state index is 11.3. The molecule has 0 fully saturated rings. The topological polar surface area (TPSA) is 93.1 Å². The summed E-state index contributed by atoms with van der Waals surface area (Å²) in [6, 6.07) is 10.7. The molecule has 0 aromatic heterocycles. The van der Waals surface area contributed by atoms with Crippen LogP contribution in [0, 0.1) is 0 Å². The van der Waals surface area contributed by atoms with Gasteiger partial charge in [-0.2, -0.15) is 11.8 Å². The average molecular weight is 517 g/mol. The van der Waals surface area contributed by atoms with E-state index in [9.17, 15) is 9.36 Å². The number of hydrogen-bond acceptors (Lipinski definition) is 5. The molecule has 8 heteroatoms. The first-order valence-corrected chi connectivity index (χ1v) is 15.5. The van der Waals surface area contributed by atoms with Gasteiger partial charge in [-0.3, -0.25) is 0 Å². The molecule has 0 aliphatic heterocycles. The van der Waals surface area contributed by atoms with E-state index in [4.69, 9.17) is 14.7 Å². The van der Waals surface area contributed by atoms with Crippen molar-refractivity contribution in [1.29, 1.82) is 0 Å². The fourth-order valence-corrected chi connectivity index (χ4v) is 5.59. The number of ether oxygens (including phenoxy) is 1. The van der Waals surface area contributed by atoms with E-state index in [1.807, 2.05) is 11.8 Å². The van der Waals surface area contributed by atoms with E-state index in [1.54, 1.807) is 0 Å². The lowest BCUT2D eigenvalue weighted by atomic mass is 10.1. The lowest BCUT2D eigenvalue weighted by Crippen LogP contribution is -2.25. The predicted molar refractivity (Wildman–Crippen MR) is 142 cm³/mol. The van der Waals surface area contributed by atoms with Gasteiger partial charge in [-0.25, -0.2) is 9.36 Å². The highest BCUT2D eigenvalue weighted by molar-refractivity contribution is 7.99. The summed E-state index contributed by atoms with van der Waals surface area (Å²) in [6.45, 7) is 4.60. The lowest BCUT2D eigenvalue weighted by molar-refractivity contribution is 0.0537. The molecular weight excluding hydrogens is 471 g/mol. The second-order valence-electron chi connectivity index (χ2n) is 8.83. The van der Waals surface area contributed by atoms with Gasteiger partial charge in [0.2, 0.25) is 0 Å². The molecule has 0 saturated carbocycles. The Kier molecular flexibility index (Phi) is 17.7. The van der Waals surface area contributed by atoms with Crippen LogP contribution >= 0.6 is 19.4 Å². The summed E-state index contributed by atoms with van der Waals surface area (Å²) in [6.07, 6.45) is 14.0. The van der Waals surface area contributed by atoms with Gasteiger partial charge in [0, 0.05) is 11.9 Å². The summed E-state index contributed by atoms with van der Waals surface area (Å²) in [5.74, 6) is 1.13. The molecule has 1 rings (SSSR count). The summed E-state index contributed by atoms with van der Waals surface area (Å²) in [4.78, 5) is 19.8. The van der Waals surface area contributed by atoms with Crippen molar-refractivity contribution in [2.45, 2.75) is 102 Å². The fourth-order valence-electron chi connectivity index (χ4n) is 3.75. The maximum atomic E-state index is 11.3. The van der Waals surface area contributed by atoms with E-state index in [-0.39, 0.29) is 12.7 Å². The third-order valence-corrected chi connectivity index (χ3v) is 8.42. The quantitative estimate of drug-likeness (QED) is 0.119. The Morgan fingerprint density at radius 3 is 2.35 bits per heavy atom. The summed E-state index contributed by atoms with van der Waals surface area (Å²) in [7, 11) is -4.56. The van der Waals surface area contributed by atoms with Crippen LogP contribution in [-0.2, 0) is 20.2 Å². The predicted octanol–water partition coefficient (Wildman–Crippen LogP) is 7.93. The van der Waals surface area contributed by atoms with Gasteiger partial charge in [0.15, 0.2) is 0 Å². The minimum Gasteiger partial charge on any atom is -0.472 e. The third kappa shape index (κ3) is 15.2. The SMILES string of the molecule is CCCCCCCC(SCCCCCCc1ccccc1)C(C)OCCCOP(=O)(O)C(=O)O. The molecule has 6 nitrogen and oxygen atoms in total. The molecule has 0 bridgehead atoms. The summed E-state index contributed by atoms with van der Waals surface area (Å²) in [5.41, 5.74) is -0.400. The maximum Gasteiger partial charge on any atom is 0.435 e. The van der Waals surface area contributed by atoms with Crippen molar-refractivity contribution >= 4 is 25.1 Å². The number of carboxylic acid groups (broad SMARTS) is 1. The van der Waals surface area contributed by atoms with Gasteiger partial charge < -0.3 is 19.3 Å². The van der Waals surface area contributed by atoms with Crippen molar-refractivity contribution in [2.24, 2.45) is 0 Å². The molecule has 0 amide bonds. The first-order valence-electron chi connectivity index (χ1n) is 12.8. The zero-order valence-corrected chi connectivity index (χ0v) is 22.7. The van der Waals surface area contributed by atoms with Crippen LogP contribution in [0.5, 0.6) is 0 Å². The highest BCUT2D eigenvalue weighted by Crippen LogP contribution is 2.42. The van der Waals surface area contributed by atoms with Crippen LogP contribution in [0.2, 0.25) is 0 Å². The molecular formula is C26H45O6PS. The Bertz CT molecular complexity index is 687. The molecule has 196 valence electrons. The van der Waals surface area contributed by atoms with Gasteiger partial charge >= 0.3 is 13.3 Å². The van der Waals surface area contributed by atoms with E-state index < -0.39 is 13.3 Å². The van der Waals surface area contributed by atoms with E-state index in [2.05, 4.69) is 48.7 Å². The molecule has 2 N–H and O–H groups in total. The molecule has 1 aromatic rings. The first-order chi connectivity index (χ1) is 16.4. The molecule has 3 unspecified atom stereocenters. The van der Waals surface area contributed by atoms with Crippen LogP contribution in [0.25, 0.3) is 0 Å². The van der Waals surface area contributed by atoms with Crippen LogP contribution in [-0.4, -0.2) is 46.0 Å². The molecule has 0 saturated heterocycles. The normalized spacial score (nSPS) is 15.0. The molecule has 3 atom stereocenters. The molecule has 1 aromatic carbocycles. The van der Waals surface area contributed by atoms with Gasteiger partial charge in [-0.1, -0.05) is 82.2 Å². The molecule has 0 aliphatic rings. The van der Waals surface area contributed by atoms with E-state index in [1.165, 1.54) is 63.4 Å². The van der Waals surface area contributed by atoms with Crippen LogP contribution in [0.1, 0.15) is 90.0 Å². The summed E-state index contributed by atoms with van der Waals surface area (Å²) < 4.78 is 21.9. The highest BCUT2D eigenvalue weighted by Gasteiger charge is 2.29. The van der Waals surface area contributed by atoms with Crippen molar-refractivity contribution in [2.75, 3.05) is 19.0 Å². The zero-order valence-electron chi connectivity index (χ0n) is 21.0. The second-order valence-corrected chi connectivity index (χ2v) is 11.9. The second kappa shape index (κ2) is 19.4. The Balaban J connectivity index is 2.27. The van der Waals surface area contributed by atoms with Crippen molar-refractivity contribution < 1.29 is 28.6 Å². The summed E-state index contributed by atoms with van der Waals surface area (Å²) >= 11 is 2.00. The van der Waals surface area contributed by atoms with Gasteiger partial charge in [-0.05, 0) is 50.3 Å². The molecule has 0 heterocycles. The van der Waals surface area contributed by atoms with E-state index in [0.29, 0.717) is 18.3 Å². The number of thioether (sulfide) groups is 1. The van der Waals surface area contributed by atoms with Gasteiger partial charge in [0.05, 0.1) is 12.7 Å². The average Bonchev–Trinajstić information content (AvgIpc) is 2.82. The Hall–Kier alpha value is -0.850. The van der Waals surface area contributed by atoms with Crippen molar-refractivity contribution in [3.63, 3.8) is 0 Å². The van der Waals surface area contributed by atoms with Gasteiger partial charge in [0.1, 0.15) is 0 Å². The number of unbranched alkanes of at least 4 members (excludes halogenated alkanes) is 7. The van der Waals surface area contributed by atoms with Crippen LogP contribution < -0.4 is 0 Å². The Morgan fingerprint density at radius 2 is 1.65 bits per heavy atom. The molecule has 0 radical (unpaired) electrons. The lowest BCUT2D eigenvalue weighted by Gasteiger charge is -2.24. The molecule has 0 spiro atoms. The third-order valence-electron chi connectivity index (χ3n) is 5.83. The number of rotatable bonds is 22. The Morgan fingerprint density at radius 1 is 0.971 bits per heavy atom. The van der Waals surface area contributed by atoms with Crippen molar-refractivity contribution in [1.82, 2.24) is 0 Å². The van der Waals surface area contributed by atoms with E-state index >= 15 is 0 Å². The number of aryl methyl sites for hydroxylation is 1.